The van der Waals surface area contributed by atoms with E-state index in [1.165, 1.54) is 16.8 Å². The summed E-state index contributed by atoms with van der Waals surface area (Å²) < 4.78 is 40.6. The van der Waals surface area contributed by atoms with Gasteiger partial charge in [-0.15, -0.1) is 0 Å². The molecule has 5 rings (SSSR count). The third-order valence-electron chi connectivity index (χ3n) is 5.20. The van der Waals surface area contributed by atoms with Crippen molar-refractivity contribution in [3.8, 4) is 17.1 Å². The van der Waals surface area contributed by atoms with Crippen molar-refractivity contribution < 1.29 is 18.0 Å². The van der Waals surface area contributed by atoms with Gasteiger partial charge in [0.05, 0.1) is 28.8 Å². The maximum absolute atomic E-state index is 13.1. The number of nitrogens with zero attached hydrogens (tertiary/aromatic N) is 5. The van der Waals surface area contributed by atoms with Crippen LogP contribution in [0.3, 0.4) is 0 Å². The zero-order valence-electron chi connectivity index (χ0n) is 16.0. The molecule has 0 atom stereocenters. The zero-order chi connectivity index (χ0) is 21.6. The monoisotopic (exact) mass is 421 g/mol. The van der Waals surface area contributed by atoms with Crippen molar-refractivity contribution in [3.05, 3.63) is 71.7 Å². The number of fused-ring (bicyclic) bond motifs is 2. The number of rotatable bonds is 3. The van der Waals surface area contributed by atoms with Crippen LogP contribution in [-0.2, 0) is 17.4 Å². The number of hydrogen-bond acceptors (Lipinski definition) is 4. The molecule has 0 unspecified atom stereocenters. The van der Waals surface area contributed by atoms with Crippen LogP contribution in [0.15, 0.2) is 59.7 Å². The lowest BCUT2D eigenvalue weighted by Crippen LogP contribution is -2.10. The van der Waals surface area contributed by atoms with E-state index in [9.17, 15) is 18.0 Å². The van der Waals surface area contributed by atoms with E-state index in [1.807, 2.05) is 30.3 Å². The number of carbonyl (C=O) groups excluding carboxylic acids is 1. The average molecular weight is 421 g/mol. The predicted molar refractivity (Wildman–Crippen MR) is 108 cm³/mol. The molecule has 0 aliphatic heterocycles. The summed E-state index contributed by atoms with van der Waals surface area (Å²) in [5.41, 5.74) is 3.46. The molecule has 1 amide bonds. The van der Waals surface area contributed by atoms with E-state index in [0.29, 0.717) is 35.4 Å². The number of pyridine rings is 2. The lowest BCUT2D eigenvalue weighted by Gasteiger charge is -2.09. The highest BCUT2D eigenvalue weighted by Gasteiger charge is 2.32. The lowest BCUT2D eigenvalue weighted by molar-refractivity contribution is -0.141. The standard InChI is InChI=1S/C22H14F3N5O/c23-22(24,25)19-2-1-3-20(29-19)30-18-10-14(4-5-15(18)11-27-30)16-8-6-13-7-9-17(26-12-31)21(13)28-16/h1-6,8,10-12H,7,9H2/b26-17+. The van der Waals surface area contributed by atoms with Gasteiger partial charge in [-0.1, -0.05) is 24.3 Å². The first kappa shape index (κ1) is 19.1. The third kappa shape index (κ3) is 3.37. The Kier molecular flexibility index (Phi) is 4.39. The zero-order valence-corrected chi connectivity index (χ0v) is 16.0. The van der Waals surface area contributed by atoms with Gasteiger partial charge in [0.2, 0.25) is 6.41 Å². The van der Waals surface area contributed by atoms with Gasteiger partial charge in [-0.25, -0.2) is 19.6 Å². The van der Waals surface area contributed by atoms with E-state index >= 15 is 0 Å². The molecule has 0 radical (unpaired) electrons. The van der Waals surface area contributed by atoms with Gasteiger partial charge >= 0.3 is 6.18 Å². The molecule has 1 aromatic carbocycles. The highest BCUT2D eigenvalue weighted by atomic mass is 19.4. The summed E-state index contributed by atoms with van der Waals surface area (Å²) >= 11 is 0. The Morgan fingerprint density at radius 2 is 1.90 bits per heavy atom. The van der Waals surface area contributed by atoms with Crippen LogP contribution in [0.5, 0.6) is 0 Å². The molecule has 0 N–H and O–H groups in total. The number of benzene rings is 1. The van der Waals surface area contributed by atoms with E-state index in [1.54, 1.807) is 6.20 Å². The Balaban J connectivity index is 1.61. The van der Waals surface area contributed by atoms with Crippen LogP contribution >= 0.6 is 0 Å². The third-order valence-corrected chi connectivity index (χ3v) is 5.20. The summed E-state index contributed by atoms with van der Waals surface area (Å²) in [5.74, 6) is 0.0734. The molecule has 6 nitrogen and oxygen atoms in total. The molecule has 1 aliphatic carbocycles. The lowest BCUT2D eigenvalue weighted by atomic mass is 10.1. The molecular weight excluding hydrogens is 407 g/mol. The largest absolute Gasteiger partial charge is 0.433 e. The van der Waals surface area contributed by atoms with Crippen LogP contribution in [-0.4, -0.2) is 31.9 Å². The van der Waals surface area contributed by atoms with E-state index in [2.05, 4.69) is 20.1 Å². The maximum Gasteiger partial charge on any atom is 0.433 e. The van der Waals surface area contributed by atoms with Gasteiger partial charge in [-0.3, -0.25) is 4.79 Å². The molecule has 3 heterocycles. The van der Waals surface area contributed by atoms with E-state index in [0.717, 1.165) is 29.0 Å². The minimum absolute atomic E-state index is 0.0734. The molecule has 3 aromatic heterocycles. The topological polar surface area (TPSA) is 73.0 Å². The van der Waals surface area contributed by atoms with E-state index in [4.69, 9.17) is 0 Å². The summed E-state index contributed by atoms with van der Waals surface area (Å²) in [7, 11) is 0. The molecule has 154 valence electrons. The number of hydrogen-bond donors (Lipinski definition) is 0. The van der Waals surface area contributed by atoms with Crippen LogP contribution in [0.4, 0.5) is 13.2 Å². The smallest absolute Gasteiger partial charge is 0.276 e. The van der Waals surface area contributed by atoms with E-state index < -0.39 is 11.9 Å². The van der Waals surface area contributed by atoms with Crippen LogP contribution in [0.25, 0.3) is 28.0 Å². The molecule has 4 aromatic rings. The van der Waals surface area contributed by atoms with Crippen LogP contribution in [0, 0.1) is 0 Å². The first-order chi connectivity index (χ1) is 14.9. The number of amides is 1. The van der Waals surface area contributed by atoms with Crippen molar-refractivity contribution in [3.63, 3.8) is 0 Å². The molecule has 0 spiro atoms. The van der Waals surface area contributed by atoms with Gasteiger partial charge < -0.3 is 0 Å². The van der Waals surface area contributed by atoms with Gasteiger partial charge in [0.15, 0.2) is 5.82 Å². The van der Waals surface area contributed by atoms with Crippen molar-refractivity contribution >= 4 is 23.0 Å². The minimum atomic E-state index is -4.54. The van der Waals surface area contributed by atoms with Crippen LogP contribution in [0.2, 0.25) is 0 Å². The van der Waals surface area contributed by atoms with E-state index in [-0.39, 0.29) is 5.82 Å². The van der Waals surface area contributed by atoms with Gasteiger partial charge in [0, 0.05) is 10.9 Å². The number of aliphatic imine (C=N–C) groups is 1. The molecule has 0 saturated carbocycles. The number of aromatic nitrogens is 4. The summed E-state index contributed by atoms with van der Waals surface area (Å²) in [6, 6.07) is 13.1. The Hall–Kier alpha value is -3.88. The second-order valence-electron chi connectivity index (χ2n) is 7.09. The van der Waals surface area contributed by atoms with Crippen molar-refractivity contribution in [2.24, 2.45) is 4.99 Å². The van der Waals surface area contributed by atoms with Crippen molar-refractivity contribution in [1.82, 2.24) is 19.7 Å². The first-order valence-corrected chi connectivity index (χ1v) is 9.47. The highest BCUT2D eigenvalue weighted by Crippen LogP contribution is 2.30. The fourth-order valence-corrected chi connectivity index (χ4v) is 3.72. The van der Waals surface area contributed by atoms with Gasteiger partial charge in [0.25, 0.3) is 0 Å². The predicted octanol–water partition coefficient (Wildman–Crippen LogP) is 4.39. The first-order valence-electron chi connectivity index (χ1n) is 9.47. The quantitative estimate of drug-likeness (QED) is 0.460. The molecule has 1 aliphatic rings. The van der Waals surface area contributed by atoms with Crippen molar-refractivity contribution in [2.45, 2.75) is 19.0 Å². The van der Waals surface area contributed by atoms with Crippen molar-refractivity contribution in [1.29, 1.82) is 0 Å². The Morgan fingerprint density at radius 3 is 2.71 bits per heavy atom. The normalized spacial score (nSPS) is 14.9. The maximum atomic E-state index is 13.1. The average Bonchev–Trinajstić information content (AvgIpc) is 3.37. The molecule has 0 bridgehead atoms. The highest BCUT2D eigenvalue weighted by molar-refractivity contribution is 6.06. The SMILES string of the molecule is O=C/N=C1\CCc2ccc(-c3ccc4cnn(-c5cccc(C(F)(F)F)n5)c4c3)nc21. The van der Waals surface area contributed by atoms with Crippen LogP contribution < -0.4 is 0 Å². The minimum Gasteiger partial charge on any atom is -0.276 e. The fraction of sp³-hybridized carbons (Fsp3) is 0.136. The molecule has 0 fully saturated rings. The van der Waals surface area contributed by atoms with Gasteiger partial charge in [-0.2, -0.15) is 18.3 Å². The summed E-state index contributed by atoms with van der Waals surface area (Å²) in [5, 5.41) is 4.98. The number of alkyl halides is 3. The summed E-state index contributed by atoms with van der Waals surface area (Å²) in [6.07, 6.45) is -1.00. The number of carbonyl (C=O) groups is 1. The number of aryl methyl sites for hydroxylation is 1. The Morgan fingerprint density at radius 1 is 1.03 bits per heavy atom. The van der Waals surface area contributed by atoms with Gasteiger partial charge in [-0.05, 0) is 42.7 Å². The second-order valence-corrected chi connectivity index (χ2v) is 7.09. The summed E-state index contributed by atoms with van der Waals surface area (Å²) in [6.45, 7) is 0. The summed E-state index contributed by atoms with van der Waals surface area (Å²) in [4.78, 5) is 23.1. The van der Waals surface area contributed by atoms with Crippen LogP contribution in [0.1, 0.15) is 23.4 Å². The Bertz CT molecular complexity index is 1360. The fourth-order valence-electron chi connectivity index (χ4n) is 3.72. The molecule has 31 heavy (non-hydrogen) atoms. The number of halogens is 3. The molecule has 0 saturated heterocycles. The molecule has 9 heteroatoms. The molecular formula is C22H14F3N5O. The van der Waals surface area contributed by atoms with Gasteiger partial charge in [0.1, 0.15) is 5.69 Å². The Labute approximate surface area is 174 Å². The van der Waals surface area contributed by atoms with Crippen molar-refractivity contribution in [2.75, 3.05) is 0 Å². The second kappa shape index (κ2) is 7.12.